The highest BCUT2D eigenvalue weighted by atomic mass is 16.5. The Balaban J connectivity index is 1.73. The summed E-state index contributed by atoms with van der Waals surface area (Å²) in [6, 6.07) is 6.12. The van der Waals surface area contributed by atoms with Gasteiger partial charge < -0.3 is 14.6 Å². The maximum atomic E-state index is 5.50. The SMILES string of the molecule is CC(C)c1noc([C@@H](C)Nc2ccc3c(c2)CCO3)n1. The number of ether oxygens (including phenoxy) is 1. The van der Waals surface area contributed by atoms with E-state index in [2.05, 4.69) is 21.5 Å². The second-order valence-electron chi connectivity index (χ2n) is 5.43. The van der Waals surface area contributed by atoms with E-state index < -0.39 is 0 Å². The highest BCUT2D eigenvalue weighted by molar-refractivity contribution is 5.53. The van der Waals surface area contributed by atoms with Gasteiger partial charge in [0.2, 0.25) is 5.89 Å². The molecule has 1 atom stereocenters. The van der Waals surface area contributed by atoms with Gasteiger partial charge in [0.1, 0.15) is 11.8 Å². The fraction of sp³-hybridized carbons (Fsp3) is 0.467. The predicted octanol–water partition coefficient (Wildman–Crippen LogP) is 3.30. The second kappa shape index (κ2) is 5.15. The van der Waals surface area contributed by atoms with E-state index in [-0.39, 0.29) is 12.0 Å². The van der Waals surface area contributed by atoms with Gasteiger partial charge in [-0.3, -0.25) is 0 Å². The minimum Gasteiger partial charge on any atom is -0.493 e. The molecule has 0 aliphatic carbocycles. The first kappa shape index (κ1) is 13.0. The van der Waals surface area contributed by atoms with Crippen LogP contribution in [0.25, 0.3) is 0 Å². The molecule has 1 aliphatic rings. The first-order valence-corrected chi connectivity index (χ1v) is 6.99. The maximum absolute atomic E-state index is 5.50. The van der Waals surface area contributed by atoms with E-state index >= 15 is 0 Å². The Labute approximate surface area is 118 Å². The molecular weight excluding hydrogens is 254 g/mol. The van der Waals surface area contributed by atoms with Crippen molar-refractivity contribution < 1.29 is 9.26 Å². The third-order valence-corrected chi connectivity index (χ3v) is 3.42. The van der Waals surface area contributed by atoms with Crippen LogP contribution in [0.4, 0.5) is 5.69 Å². The van der Waals surface area contributed by atoms with Crippen LogP contribution in [-0.4, -0.2) is 16.7 Å². The monoisotopic (exact) mass is 273 g/mol. The number of aromatic nitrogens is 2. The van der Waals surface area contributed by atoms with Gasteiger partial charge >= 0.3 is 0 Å². The Hall–Kier alpha value is -2.04. The van der Waals surface area contributed by atoms with E-state index in [1.807, 2.05) is 32.9 Å². The van der Waals surface area contributed by atoms with Crippen molar-refractivity contribution in [3.05, 3.63) is 35.5 Å². The highest BCUT2D eigenvalue weighted by Gasteiger charge is 2.17. The average molecular weight is 273 g/mol. The molecule has 3 rings (SSSR count). The van der Waals surface area contributed by atoms with Crippen molar-refractivity contribution in [1.29, 1.82) is 0 Å². The largest absolute Gasteiger partial charge is 0.493 e. The molecular formula is C15H19N3O2. The Morgan fingerprint density at radius 2 is 2.10 bits per heavy atom. The van der Waals surface area contributed by atoms with E-state index in [1.54, 1.807) is 0 Å². The summed E-state index contributed by atoms with van der Waals surface area (Å²) in [6.45, 7) is 6.89. The number of fused-ring (bicyclic) bond motifs is 1. The van der Waals surface area contributed by atoms with Crippen LogP contribution >= 0.6 is 0 Å². The van der Waals surface area contributed by atoms with Gasteiger partial charge in [-0.1, -0.05) is 19.0 Å². The first-order valence-electron chi connectivity index (χ1n) is 6.99. The lowest BCUT2D eigenvalue weighted by molar-refractivity contribution is 0.357. The minimum absolute atomic E-state index is 0.0182. The van der Waals surface area contributed by atoms with Crippen LogP contribution in [0.15, 0.2) is 22.7 Å². The molecule has 20 heavy (non-hydrogen) atoms. The maximum Gasteiger partial charge on any atom is 0.248 e. The summed E-state index contributed by atoms with van der Waals surface area (Å²) in [5.41, 5.74) is 2.29. The van der Waals surface area contributed by atoms with Gasteiger partial charge in [0, 0.05) is 18.0 Å². The van der Waals surface area contributed by atoms with Crippen molar-refractivity contribution in [2.45, 2.75) is 39.2 Å². The molecule has 1 N–H and O–H groups in total. The third-order valence-electron chi connectivity index (χ3n) is 3.42. The molecule has 1 aromatic carbocycles. The number of hydrogen-bond acceptors (Lipinski definition) is 5. The van der Waals surface area contributed by atoms with Crippen LogP contribution in [0.3, 0.4) is 0 Å². The highest BCUT2D eigenvalue weighted by Crippen LogP contribution is 2.29. The molecule has 0 saturated carbocycles. The van der Waals surface area contributed by atoms with Crippen LogP contribution in [0.5, 0.6) is 5.75 Å². The van der Waals surface area contributed by atoms with Gasteiger partial charge in [0.15, 0.2) is 5.82 Å². The molecule has 0 radical (unpaired) electrons. The van der Waals surface area contributed by atoms with Crippen LogP contribution in [0, 0.1) is 0 Å². The molecule has 0 amide bonds. The smallest absolute Gasteiger partial charge is 0.248 e. The molecule has 0 bridgehead atoms. The van der Waals surface area contributed by atoms with Crippen molar-refractivity contribution >= 4 is 5.69 Å². The van der Waals surface area contributed by atoms with Crippen LogP contribution in [-0.2, 0) is 6.42 Å². The Bertz CT molecular complexity index is 607. The molecule has 2 aromatic rings. The molecule has 5 heteroatoms. The van der Waals surface area contributed by atoms with Gasteiger partial charge in [-0.2, -0.15) is 4.98 Å². The molecule has 2 heterocycles. The zero-order chi connectivity index (χ0) is 14.1. The number of nitrogens with zero attached hydrogens (tertiary/aromatic N) is 2. The lowest BCUT2D eigenvalue weighted by atomic mass is 10.1. The molecule has 5 nitrogen and oxygen atoms in total. The van der Waals surface area contributed by atoms with Crippen molar-refractivity contribution in [1.82, 2.24) is 10.1 Å². The van der Waals surface area contributed by atoms with E-state index in [9.17, 15) is 0 Å². The summed E-state index contributed by atoms with van der Waals surface area (Å²) < 4.78 is 10.8. The second-order valence-corrected chi connectivity index (χ2v) is 5.43. The summed E-state index contributed by atoms with van der Waals surface area (Å²) >= 11 is 0. The Kier molecular flexibility index (Phi) is 3.34. The number of hydrogen-bond donors (Lipinski definition) is 1. The number of nitrogens with one attached hydrogen (secondary N) is 1. The quantitative estimate of drug-likeness (QED) is 0.926. The Morgan fingerprint density at radius 3 is 2.85 bits per heavy atom. The van der Waals surface area contributed by atoms with Gasteiger partial charge in [-0.05, 0) is 30.7 Å². The van der Waals surface area contributed by atoms with Crippen molar-refractivity contribution in [3.63, 3.8) is 0 Å². The number of anilines is 1. The minimum atomic E-state index is -0.0182. The van der Waals surface area contributed by atoms with Gasteiger partial charge in [0.05, 0.1) is 6.61 Å². The van der Waals surface area contributed by atoms with E-state index in [4.69, 9.17) is 9.26 Å². The van der Waals surface area contributed by atoms with Crippen molar-refractivity contribution in [3.8, 4) is 5.75 Å². The lowest BCUT2D eigenvalue weighted by Crippen LogP contribution is -2.07. The Morgan fingerprint density at radius 1 is 1.25 bits per heavy atom. The molecule has 0 spiro atoms. The van der Waals surface area contributed by atoms with Gasteiger partial charge in [-0.15, -0.1) is 0 Å². The average Bonchev–Trinajstić information content (AvgIpc) is 3.07. The number of rotatable bonds is 4. The summed E-state index contributed by atoms with van der Waals surface area (Å²) in [4.78, 5) is 4.41. The fourth-order valence-electron chi connectivity index (χ4n) is 2.25. The van der Waals surface area contributed by atoms with Crippen LogP contribution in [0.2, 0.25) is 0 Å². The van der Waals surface area contributed by atoms with E-state index in [0.717, 1.165) is 30.3 Å². The normalized spacial score (nSPS) is 15.0. The molecule has 1 aliphatic heterocycles. The standard InChI is InChI=1S/C15H19N3O2/c1-9(2)14-17-15(20-18-14)10(3)16-12-4-5-13-11(8-12)6-7-19-13/h4-5,8-10,16H,6-7H2,1-3H3/t10-/m1/s1. The zero-order valence-corrected chi connectivity index (χ0v) is 12.0. The predicted molar refractivity (Wildman–Crippen MR) is 76.1 cm³/mol. The van der Waals surface area contributed by atoms with E-state index in [1.165, 1.54) is 5.56 Å². The summed E-state index contributed by atoms with van der Waals surface area (Å²) in [5, 5.41) is 7.38. The number of benzene rings is 1. The summed E-state index contributed by atoms with van der Waals surface area (Å²) in [7, 11) is 0. The van der Waals surface area contributed by atoms with Crippen molar-refractivity contribution in [2.75, 3.05) is 11.9 Å². The van der Waals surface area contributed by atoms with Crippen LogP contribution in [0.1, 0.15) is 50.0 Å². The molecule has 0 unspecified atom stereocenters. The topological polar surface area (TPSA) is 60.2 Å². The summed E-state index contributed by atoms with van der Waals surface area (Å²) in [5.74, 6) is 2.63. The lowest BCUT2D eigenvalue weighted by Gasteiger charge is -2.12. The van der Waals surface area contributed by atoms with Crippen molar-refractivity contribution in [2.24, 2.45) is 0 Å². The van der Waals surface area contributed by atoms with Gasteiger partial charge in [-0.25, -0.2) is 0 Å². The molecule has 0 fully saturated rings. The van der Waals surface area contributed by atoms with Gasteiger partial charge in [0.25, 0.3) is 0 Å². The van der Waals surface area contributed by atoms with Crippen LogP contribution < -0.4 is 10.1 Å². The first-order chi connectivity index (χ1) is 9.63. The van der Waals surface area contributed by atoms with E-state index in [0.29, 0.717) is 5.89 Å². The fourth-order valence-corrected chi connectivity index (χ4v) is 2.25. The third kappa shape index (κ3) is 2.48. The molecule has 1 aromatic heterocycles. The molecule has 0 saturated heterocycles. The molecule has 106 valence electrons. The summed E-state index contributed by atoms with van der Waals surface area (Å²) in [6.07, 6.45) is 0.970. The zero-order valence-electron chi connectivity index (χ0n) is 12.0.